The predicted molar refractivity (Wildman–Crippen MR) is 103 cm³/mol. The minimum atomic E-state index is -2.18. The van der Waals surface area contributed by atoms with Crippen LogP contribution in [-0.4, -0.2) is 27.2 Å². The quantitative estimate of drug-likeness (QED) is 0.300. The average molecular weight is 420 g/mol. The van der Waals surface area contributed by atoms with Crippen LogP contribution in [0.15, 0.2) is 0 Å². The molecule has 0 amide bonds. The summed E-state index contributed by atoms with van der Waals surface area (Å²) in [5, 5.41) is 5.61. The van der Waals surface area contributed by atoms with Gasteiger partial charge in [-0.1, -0.05) is 0 Å². The number of hydrogen-bond acceptors (Lipinski definition) is 1. The number of rotatable bonds is 12. The fraction of sp³-hybridized carbons (Fsp3) is 1.00. The molecule has 1 nitrogen and oxygen atoms in total. The second-order valence-electron chi connectivity index (χ2n) is 7.46. The molecule has 0 saturated heterocycles. The first kappa shape index (κ1) is 22.0. The van der Waals surface area contributed by atoms with E-state index in [-0.39, 0.29) is 0 Å². The van der Waals surface area contributed by atoms with E-state index in [1.54, 1.807) is 0 Å². The fourth-order valence-electron chi connectivity index (χ4n) is 3.61. The maximum absolute atomic E-state index is 7.43. The van der Waals surface area contributed by atoms with Gasteiger partial charge in [-0.15, -0.1) is 0 Å². The third kappa shape index (κ3) is 6.22. The van der Waals surface area contributed by atoms with Crippen LogP contribution in [0.25, 0.3) is 0 Å². The van der Waals surface area contributed by atoms with Gasteiger partial charge in [0.05, 0.1) is 0 Å². The molecule has 0 heterocycles. The van der Waals surface area contributed by atoms with Crippen molar-refractivity contribution in [2.24, 2.45) is 0 Å². The Morgan fingerprint density at radius 3 is 1.29 bits per heavy atom. The van der Waals surface area contributed by atoms with Gasteiger partial charge in [0.15, 0.2) is 0 Å². The minimum absolute atomic E-state index is 0.812. The van der Waals surface area contributed by atoms with Crippen LogP contribution in [0.4, 0.5) is 0 Å². The van der Waals surface area contributed by atoms with Crippen molar-refractivity contribution in [3.8, 4) is 0 Å². The normalized spacial score (nSPS) is 13.4. The first-order valence-corrected chi connectivity index (χ1v) is 19.6. The van der Waals surface area contributed by atoms with E-state index >= 15 is 0 Å². The van der Waals surface area contributed by atoms with Crippen LogP contribution in [-0.2, 0) is 2.79 Å². The van der Waals surface area contributed by atoms with Crippen molar-refractivity contribution >= 4 is 27.2 Å². The summed E-state index contributed by atoms with van der Waals surface area (Å²) in [6, 6.07) is 0. The van der Waals surface area contributed by atoms with E-state index in [1.165, 1.54) is 46.7 Å². The third-order valence-corrected chi connectivity index (χ3v) is 35.1. The van der Waals surface area contributed by atoms with E-state index in [9.17, 15) is 0 Å². The monoisotopic (exact) mass is 422 g/mol. The molecule has 0 aliphatic rings. The van der Waals surface area contributed by atoms with Gasteiger partial charge in [-0.2, -0.15) is 0 Å². The molecule has 21 heavy (non-hydrogen) atoms. The zero-order valence-electron chi connectivity index (χ0n) is 16.2. The number of hydrogen-bond donors (Lipinski definition) is 0. The molecule has 0 aliphatic heterocycles. The Bertz CT molecular complexity index is 252. The van der Waals surface area contributed by atoms with Gasteiger partial charge in [0.25, 0.3) is 0 Å². The average Bonchev–Trinajstić information content (AvgIpc) is 2.46. The molecule has 0 aromatic rings. The van der Waals surface area contributed by atoms with Crippen molar-refractivity contribution in [3.63, 3.8) is 0 Å². The van der Waals surface area contributed by atoms with E-state index in [2.05, 4.69) is 55.4 Å². The zero-order chi connectivity index (χ0) is 16.5. The summed E-state index contributed by atoms with van der Waals surface area (Å²) in [5.41, 5.74) is 0. The molecular weight excluding hydrogens is 377 g/mol. The molecule has 0 rings (SSSR count). The second-order valence-corrected chi connectivity index (χ2v) is 29.0. The van der Waals surface area contributed by atoms with E-state index < -0.39 is 27.2 Å². The van der Waals surface area contributed by atoms with Crippen LogP contribution in [0.3, 0.4) is 0 Å². The third-order valence-electron chi connectivity index (χ3n) is 5.61. The summed E-state index contributed by atoms with van der Waals surface area (Å²) in [7, 11) is 0. The van der Waals surface area contributed by atoms with Crippen molar-refractivity contribution in [2.45, 2.75) is 112 Å². The molecule has 3 heteroatoms. The van der Waals surface area contributed by atoms with Crippen molar-refractivity contribution in [1.82, 2.24) is 0 Å². The molecular formula is C18H42Ge2O. The summed E-state index contributed by atoms with van der Waals surface area (Å²) in [6.07, 6.45) is 5.45. The molecule has 0 atom stereocenters. The van der Waals surface area contributed by atoms with Crippen LogP contribution in [0, 0.1) is 0 Å². The first-order valence-electron chi connectivity index (χ1n) is 9.54. The van der Waals surface area contributed by atoms with Gasteiger partial charge >= 0.3 is 142 Å². The Kier molecular flexibility index (Phi) is 11.3. The molecule has 128 valence electrons. The van der Waals surface area contributed by atoms with Gasteiger partial charge in [0.2, 0.25) is 0 Å². The summed E-state index contributed by atoms with van der Waals surface area (Å²) in [6.45, 7) is 19.3. The topological polar surface area (TPSA) is 9.23 Å². The summed E-state index contributed by atoms with van der Waals surface area (Å²) in [5.74, 6) is 0. The summed E-state index contributed by atoms with van der Waals surface area (Å²) in [4.78, 5) is 0. The molecule has 0 radical (unpaired) electrons. The van der Waals surface area contributed by atoms with E-state index in [1.807, 2.05) is 0 Å². The van der Waals surface area contributed by atoms with E-state index in [0.29, 0.717) is 0 Å². The predicted octanol–water partition coefficient (Wildman–Crippen LogP) is 7.35. The molecule has 0 spiro atoms. The molecule has 0 aromatic carbocycles. The standard InChI is InChI=1S/C18H42Ge2O/c1-9-13-15-20(18(7)8,16-14-10-2)21-19(11-3,12-4)17(5)6/h17-18H,9-16H2,1-8H3. The van der Waals surface area contributed by atoms with Crippen molar-refractivity contribution in [2.75, 3.05) is 0 Å². The molecule has 0 bridgehead atoms. The first-order chi connectivity index (χ1) is 9.84. The maximum atomic E-state index is 7.43. The number of unbranched alkanes of at least 4 members (excludes halogenated alkanes) is 2. The fourth-order valence-corrected chi connectivity index (χ4v) is 38.1. The Morgan fingerprint density at radius 2 is 1.05 bits per heavy atom. The van der Waals surface area contributed by atoms with Crippen LogP contribution in [0.1, 0.15) is 81.1 Å². The Labute approximate surface area is 141 Å². The second kappa shape index (κ2) is 10.8. The van der Waals surface area contributed by atoms with E-state index in [0.717, 1.165) is 9.50 Å². The molecule has 0 N–H and O–H groups in total. The van der Waals surface area contributed by atoms with Crippen molar-refractivity contribution < 1.29 is 2.79 Å². The summed E-state index contributed by atoms with van der Waals surface area (Å²) >= 11 is -4.29. The van der Waals surface area contributed by atoms with E-state index in [4.69, 9.17) is 2.79 Å². The van der Waals surface area contributed by atoms with Gasteiger partial charge in [0.1, 0.15) is 0 Å². The molecule has 0 unspecified atom stereocenters. The van der Waals surface area contributed by atoms with Gasteiger partial charge in [-0.05, 0) is 0 Å². The van der Waals surface area contributed by atoms with Crippen LogP contribution >= 0.6 is 0 Å². The summed E-state index contributed by atoms with van der Waals surface area (Å²) < 4.78 is 9.06. The van der Waals surface area contributed by atoms with Crippen LogP contribution in [0.5, 0.6) is 0 Å². The van der Waals surface area contributed by atoms with Gasteiger partial charge in [0, 0.05) is 0 Å². The Balaban J connectivity index is 5.41. The van der Waals surface area contributed by atoms with Crippen molar-refractivity contribution in [1.29, 1.82) is 0 Å². The molecule has 0 aliphatic carbocycles. The van der Waals surface area contributed by atoms with Crippen molar-refractivity contribution in [3.05, 3.63) is 0 Å². The molecule has 0 aromatic heterocycles. The van der Waals surface area contributed by atoms with Gasteiger partial charge < -0.3 is 0 Å². The Morgan fingerprint density at radius 1 is 0.667 bits per heavy atom. The Hall–Kier alpha value is 1.05. The van der Waals surface area contributed by atoms with Crippen LogP contribution in [0.2, 0.25) is 30.5 Å². The zero-order valence-corrected chi connectivity index (χ0v) is 20.4. The molecule has 0 saturated carbocycles. The molecule has 0 fully saturated rings. The van der Waals surface area contributed by atoms with Crippen LogP contribution < -0.4 is 0 Å². The van der Waals surface area contributed by atoms with Gasteiger partial charge in [-0.3, -0.25) is 0 Å². The van der Waals surface area contributed by atoms with Gasteiger partial charge in [-0.25, -0.2) is 0 Å². The SMILES string of the molecule is CCC[CH2][Ge]([CH2]CCC)([O][Ge]([CH2]C)([CH2]C)[CH](C)C)[CH](C)C.